The molecule has 5 aromatic rings. The number of furan rings is 1. The number of thiocarbonyl (C=S) groups is 1. The van der Waals surface area contributed by atoms with E-state index < -0.39 is 10.8 Å². The number of rotatable bonds is 5. The summed E-state index contributed by atoms with van der Waals surface area (Å²) >= 11 is 9.20. The van der Waals surface area contributed by atoms with Gasteiger partial charge in [-0.2, -0.15) is 0 Å². The second-order valence-electron chi connectivity index (χ2n) is 7.56. The first-order chi connectivity index (χ1) is 17.4. The highest BCUT2D eigenvalue weighted by molar-refractivity contribution is 14.1. The predicted octanol–water partition coefficient (Wildman–Crippen LogP) is 6.86. The lowest BCUT2D eigenvalue weighted by Gasteiger charge is -2.12. The van der Waals surface area contributed by atoms with Gasteiger partial charge in [-0.25, -0.2) is 4.98 Å². The Morgan fingerprint density at radius 3 is 2.69 bits per heavy atom. The zero-order valence-corrected chi connectivity index (χ0v) is 22.0. The van der Waals surface area contributed by atoms with E-state index in [1.54, 1.807) is 29.5 Å². The van der Waals surface area contributed by atoms with E-state index in [4.69, 9.17) is 21.6 Å². The number of hydrogen-bond donors (Lipinski definition) is 2. The minimum absolute atomic E-state index is 0.0228. The summed E-state index contributed by atoms with van der Waals surface area (Å²) in [6.45, 7) is 0. The predicted molar refractivity (Wildman–Crippen MR) is 152 cm³/mol. The molecule has 2 heterocycles. The Morgan fingerprint density at radius 2 is 1.89 bits per heavy atom. The molecule has 0 aliphatic heterocycles. The minimum Gasteiger partial charge on any atom is -0.451 e. The molecule has 0 saturated heterocycles. The van der Waals surface area contributed by atoms with Gasteiger partial charge in [-0.05, 0) is 77.3 Å². The lowest BCUT2D eigenvalue weighted by molar-refractivity contribution is -0.384. The second kappa shape index (κ2) is 10.1. The van der Waals surface area contributed by atoms with Crippen molar-refractivity contribution in [3.8, 4) is 21.9 Å². The van der Waals surface area contributed by atoms with Gasteiger partial charge in [0.25, 0.3) is 11.6 Å². The molecule has 11 heteroatoms. The number of hydrogen-bond acceptors (Lipinski definition) is 7. The van der Waals surface area contributed by atoms with Gasteiger partial charge in [0.2, 0.25) is 0 Å². The number of nitrogens with zero attached hydrogens (tertiary/aromatic N) is 2. The Bertz CT molecular complexity index is 1610. The van der Waals surface area contributed by atoms with Crippen molar-refractivity contribution < 1.29 is 14.1 Å². The van der Waals surface area contributed by atoms with Gasteiger partial charge in [0, 0.05) is 26.8 Å². The van der Waals surface area contributed by atoms with Crippen LogP contribution in [0.2, 0.25) is 0 Å². The van der Waals surface area contributed by atoms with Crippen LogP contribution < -0.4 is 10.6 Å². The van der Waals surface area contributed by atoms with Crippen LogP contribution >= 0.6 is 46.1 Å². The number of anilines is 1. The van der Waals surface area contributed by atoms with Crippen molar-refractivity contribution in [2.45, 2.75) is 0 Å². The molecular formula is C25H15IN4O4S2. The van der Waals surface area contributed by atoms with E-state index in [-0.39, 0.29) is 16.6 Å². The van der Waals surface area contributed by atoms with Gasteiger partial charge < -0.3 is 9.73 Å². The molecule has 0 radical (unpaired) electrons. The number of para-hydroxylation sites is 1. The van der Waals surface area contributed by atoms with Crippen LogP contribution in [0.4, 0.5) is 11.4 Å². The van der Waals surface area contributed by atoms with Crippen molar-refractivity contribution in [3.63, 3.8) is 0 Å². The van der Waals surface area contributed by atoms with E-state index in [1.807, 2.05) is 42.5 Å². The van der Waals surface area contributed by atoms with Crippen LogP contribution in [0.3, 0.4) is 0 Å². The lowest BCUT2D eigenvalue weighted by Crippen LogP contribution is -2.34. The third-order valence-corrected chi connectivity index (χ3v) is 7.10. The van der Waals surface area contributed by atoms with Gasteiger partial charge in [0.15, 0.2) is 10.9 Å². The average Bonchev–Trinajstić information content (AvgIpc) is 3.53. The number of halogens is 1. The zero-order chi connectivity index (χ0) is 25.2. The zero-order valence-electron chi connectivity index (χ0n) is 18.2. The van der Waals surface area contributed by atoms with Crippen molar-refractivity contribution in [3.05, 3.63) is 98.3 Å². The Morgan fingerprint density at radius 1 is 1.06 bits per heavy atom. The fraction of sp³-hybridized carbons (Fsp3) is 0. The lowest BCUT2D eigenvalue weighted by atomic mass is 10.1. The van der Waals surface area contributed by atoms with Crippen LogP contribution in [0.5, 0.6) is 0 Å². The highest BCUT2D eigenvalue weighted by Gasteiger charge is 2.17. The number of carbonyl (C=O) groups is 1. The average molecular weight is 626 g/mol. The number of non-ortho nitro benzene ring substituents is 1. The Labute approximate surface area is 227 Å². The molecule has 0 fully saturated rings. The van der Waals surface area contributed by atoms with E-state index >= 15 is 0 Å². The molecule has 0 aliphatic rings. The fourth-order valence-electron chi connectivity index (χ4n) is 3.50. The topological polar surface area (TPSA) is 110 Å². The Hall–Kier alpha value is -3.68. The van der Waals surface area contributed by atoms with Crippen LogP contribution in [0.15, 0.2) is 83.3 Å². The molecule has 36 heavy (non-hydrogen) atoms. The van der Waals surface area contributed by atoms with Crippen molar-refractivity contribution >= 4 is 78.8 Å². The first-order valence-electron chi connectivity index (χ1n) is 10.5. The van der Waals surface area contributed by atoms with Crippen LogP contribution in [0.25, 0.3) is 32.1 Å². The number of nitrogens with one attached hydrogen (secondary N) is 2. The van der Waals surface area contributed by atoms with Gasteiger partial charge >= 0.3 is 0 Å². The first kappa shape index (κ1) is 24.0. The first-order valence-corrected chi connectivity index (χ1v) is 12.8. The number of carbonyl (C=O) groups excluding carboxylic acids is 1. The molecule has 5 rings (SSSR count). The van der Waals surface area contributed by atoms with Crippen molar-refractivity contribution in [2.24, 2.45) is 0 Å². The number of thiazole rings is 1. The Kier molecular flexibility index (Phi) is 6.76. The number of nitro benzene ring substituents is 1. The summed E-state index contributed by atoms with van der Waals surface area (Å²) in [5.41, 5.74) is 2.91. The van der Waals surface area contributed by atoms with Crippen molar-refractivity contribution in [2.75, 3.05) is 5.32 Å². The highest BCUT2D eigenvalue weighted by Crippen LogP contribution is 2.35. The van der Waals surface area contributed by atoms with E-state index in [0.717, 1.165) is 24.4 Å². The third-order valence-electron chi connectivity index (χ3n) is 5.15. The monoisotopic (exact) mass is 626 g/mol. The summed E-state index contributed by atoms with van der Waals surface area (Å²) in [6, 6.07) is 22.8. The molecule has 0 atom stereocenters. The summed E-state index contributed by atoms with van der Waals surface area (Å²) in [7, 11) is 0. The third kappa shape index (κ3) is 5.12. The van der Waals surface area contributed by atoms with E-state index in [0.29, 0.717) is 17.0 Å². The van der Waals surface area contributed by atoms with E-state index in [9.17, 15) is 14.9 Å². The largest absolute Gasteiger partial charge is 0.451 e. The second-order valence-corrected chi connectivity index (χ2v) is 10.2. The van der Waals surface area contributed by atoms with Crippen LogP contribution in [-0.2, 0) is 0 Å². The molecule has 0 unspecified atom stereocenters. The number of fused-ring (bicyclic) bond motifs is 1. The Balaban J connectivity index is 1.33. The summed E-state index contributed by atoms with van der Waals surface area (Å²) < 4.78 is 7.74. The van der Waals surface area contributed by atoms with Crippen LogP contribution in [-0.4, -0.2) is 20.9 Å². The maximum atomic E-state index is 12.7. The van der Waals surface area contributed by atoms with Crippen LogP contribution in [0, 0.1) is 13.7 Å². The van der Waals surface area contributed by atoms with Gasteiger partial charge in [0.1, 0.15) is 10.8 Å². The molecule has 8 nitrogen and oxygen atoms in total. The van der Waals surface area contributed by atoms with Gasteiger partial charge in [-0.15, -0.1) is 11.3 Å². The number of benzene rings is 3. The maximum Gasteiger partial charge on any atom is 0.293 e. The highest BCUT2D eigenvalue weighted by atomic mass is 127. The normalized spacial score (nSPS) is 10.8. The van der Waals surface area contributed by atoms with E-state index in [1.165, 1.54) is 18.2 Å². The van der Waals surface area contributed by atoms with Crippen LogP contribution in [0.1, 0.15) is 10.6 Å². The molecule has 0 spiro atoms. The molecule has 2 N–H and O–H groups in total. The molecular weight excluding hydrogens is 611 g/mol. The standard InChI is InChI=1S/C25H15IN4O4S2/c26-15-8-9-18(17(13-15)24-27-19-6-1-2-7-22(19)36-24)28-25(35)29-23(31)21-11-10-20(34-21)14-4-3-5-16(12-14)30(32)33/h1-13H,(H2,28,29,31,35). The molecule has 0 bridgehead atoms. The molecule has 0 saturated carbocycles. The van der Waals surface area contributed by atoms with Gasteiger partial charge in [0.05, 0.1) is 20.8 Å². The summed E-state index contributed by atoms with van der Waals surface area (Å²) in [5, 5.41) is 17.7. The molecule has 3 aromatic carbocycles. The number of aromatic nitrogens is 1. The quantitative estimate of drug-likeness (QED) is 0.0949. The molecule has 0 aliphatic carbocycles. The van der Waals surface area contributed by atoms with Crippen molar-refractivity contribution in [1.82, 2.24) is 10.3 Å². The molecule has 178 valence electrons. The van der Waals surface area contributed by atoms with Gasteiger partial charge in [-0.1, -0.05) is 24.3 Å². The molecule has 1 amide bonds. The minimum atomic E-state index is -0.545. The maximum absolute atomic E-state index is 12.7. The number of amides is 1. The van der Waals surface area contributed by atoms with Crippen molar-refractivity contribution in [1.29, 1.82) is 0 Å². The number of nitro groups is 1. The van der Waals surface area contributed by atoms with Gasteiger partial charge in [-0.3, -0.25) is 20.2 Å². The SMILES string of the molecule is O=C(NC(=S)Nc1ccc(I)cc1-c1nc2ccccc2s1)c1ccc(-c2cccc([N+](=O)[O-])c2)o1. The molecule has 2 aromatic heterocycles. The van der Waals surface area contributed by atoms with E-state index in [2.05, 4.69) is 33.2 Å². The fourth-order valence-corrected chi connectivity index (χ4v) is 5.19. The summed E-state index contributed by atoms with van der Waals surface area (Å²) in [4.78, 5) is 28.0. The summed E-state index contributed by atoms with van der Waals surface area (Å²) in [6.07, 6.45) is 0. The summed E-state index contributed by atoms with van der Waals surface area (Å²) in [5.74, 6) is -0.190. The smallest absolute Gasteiger partial charge is 0.293 e.